The van der Waals surface area contributed by atoms with Crippen molar-refractivity contribution >= 4 is 27.5 Å². The van der Waals surface area contributed by atoms with Gasteiger partial charge in [0.05, 0.1) is 5.02 Å². The number of nitrogens with two attached hydrogens (primary N) is 1. The average Bonchev–Trinajstić information content (AvgIpc) is 2.40. The van der Waals surface area contributed by atoms with E-state index in [1.54, 1.807) is 6.07 Å². The van der Waals surface area contributed by atoms with E-state index in [4.69, 9.17) is 22.1 Å². The molecule has 1 atom stereocenters. The molecule has 0 saturated carbocycles. The molecule has 0 bridgehead atoms. The van der Waals surface area contributed by atoms with Gasteiger partial charge in [-0.15, -0.1) is 0 Å². The molecule has 2 aromatic carbocycles. The average molecular weight is 373 g/mol. The SMILES string of the molecule is CC(N)Cc1cc(OCc2ccc(F)cc2Cl)ccc1Br. The van der Waals surface area contributed by atoms with Crippen LogP contribution >= 0.6 is 27.5 Å². The minimum atomic E-state index is -0.355. The summed E-state index contributed by atoms with van der Waals surface area (Å²) in [4.78, 5) is 0. The fraction of sp³-hybridized carbons (Fsp3) is 0.250. The van der Waals surface area contributed by atoms with Gasteiger partial charge in [-0.05, 0) is 49.2 Å². The van der Waals surface area contributed by atoms with Crippen molar-refractivity contribution in [2.24, 2.45) is 5.73 Å². The van der Waals surface area contributed by atoms with E-state index >= 15 is 0 Å². The van der Waals surface area contributed by atoms with E-state index in [2.05, 4.69) is 15.9 Å². The normalized spacial score (nSPS) is 12.2. The zero-order chi connectivity index (χ0) is 15.4. The highest BCUT2D eigenvalue weighted by Crippen LogP contribution is 2.25. The Hall–Kier alpha value is -1.10. The smallest absolute Gasteiger partial charge is 0.124 e. The van der Waals surface area contributed by atoms with Gasteiger partial charge < -0.3 is 10.5 Å². The maximum atomic E-state index is 13.0. The van der Waals surface area contributed by atoms with Gasteiger partial charge in [0, 0.05) is 16.1 Å². The van der Waals surface area contributed by atoms with E-state index < -0.39 is 0 Å². The fourth-order valence-corrected chi connectivity index (χ4v) is 2.57. The largest absolute Gasteiger partial charge is 0.489 e. The van der Waals surface area contributed by atoms with E-state index in [-0.39, 0.29) is 11.9 Å². The summed E-state index contributed by atoms with van der Waals surface area (Å²) in [7, 11) is 0. The third-order valence-corrected chi connectivity index (χ3v) is 4.09. The van der Waals surface area contributed by atoms with Crippen LogP contribution in [0.2, 0.25) is 5.02 Å². The van der Waals surface area contributed by atoms with E-state index in [1.165, 1.54) is 12.1 Å². The van der Waals surface area contributed by atoms with Crippen molar-refractivity contribution in [1.82, 2.24) is 0 Å². The Labute approximate surface area is 137 Å². The summed E-state index contributed by atoms with van der Waals surface area (Å²) >= 11 is 9.48. The molecule has 0 fully saturated rings. The van der Waals surface area contributed by atoms with Gasteiger partial charge in [0.1, 0.15) is 18.2 Å². The van der Waals surface area contributed by atoms with Crippen LogP contribution < -0.4 is 10.5 Å². The Morgan fingerprint density at radius 1 is 1.24 bits per heavy atom. The van der Waals surface area contributed by atoms with Crippen molar-refractivity contribution in [1.29, 1.82) is 0 Å². The highest BCUT2D eigenvalue weighted by molar-refractivity contribution is 9.10. The summed E-state index contributed by atoms with van der Waals surface area (Å²) in [5, 5.41) is 0.364. The van der Waals surface area contributed by atoms with Crippen molar-refractivity contribution in [3.8, 4) is 5.75 Å². The summed E-state index contributed by atoms with van der Waals surface area (Å²) in [6, 6.07) is 10.1. The van der Waals surface area contributed by atoms with E-state index in [9.17, 15) is 4.39 Å². The van der Waals surface area contributed by atoms with Gasteiger partial charge in [-0.1, -0.05) is 33.6 Å². The first-order valence-electron chi connectivity index (χ1n) is 6.56. The van der Waals surface area contributed by atoms with E-state index in [1.807, 2.05) is 25.1 Å². The summed E-state index contributed by atoms with van der Waals surface area (Å²) in [6.45, 7) is 2.25. The maximum absolute atomic E-state index is 13.0. The molecule has 112 valence electrons. The van der Waals surface area contributed by atoms with Crippen LogP contribution in [0, 0.1) is 5.82 Å². The van der Waals surface area contributed by atoms with Gasteiger partial charge in [-0.2, -0.15) is 0 Å². The molecule has 2 aromatic rings. The number of halogens is 3. The third-order valence-electron chi connectivity index (χ3n) is 2.97. The van der Waals surface area contributed by atoms with Gasteiger partial charge >= 0.3 is 0 Å². The fourth-order valence-electron chi connectivity index (χ4n) is 1.94. The minimum absolute atomic E-state index is 0.0723. The van der Waals surface area contributed by atoms with Crippen molar-refractivity contribution in [2.75, 3.05) is 0 Å². The zero-order valence-electron chi connectivity index (χ0n) is 11.6. The van der Waals surface area contributed by atoms with Crippen molar-refractivity contribution in [3.63, 3.8) is 0 Å². The molecule has 2 N–H and O–H groups in total. The molecular formula is C16H16BrClFNO. The maximum Gasteiger partial charge on any atom is 0.124 e. The molecular weight excluding hydrogens is 357 g/mol. The highest BCUT2D eigenvalue weighted by atomic mass is 79.9. The quantitative estimate of drug-likeness (QED) is 0.825. The summed E-state index contributed by atoms with van der Waals surface area (Å²) < 4.78 is 19.7. The van der Waals surface area contributed by atoms with Gasteiger partial charge in [0.25, 0.3) is 0 Å². The van der Waals surface area contributed by atoms with Crippen LogP contribution in [0.1, 0.15) is 18.1 Å². The molecule has 1 unspecified atom stereocenters. The van der Waals surface area contributed by atoms with E-state index in [0.717, 1.165) is 27.8 Å². The van der Waals surface area contributed by atoms with Crippen LogP contribution in [0.25, 0.3) is 0 Å². The summed E-state index contributed by atoms with van der Waals surface area (Å²) in [6.07, 6.45) is 0.759. The predicted octanol–water partition coefficient (Wildman–Crippen LogP) is 4.71. The van der Waals surface area contributed by atoms with Crippen LogP contribution in [-0.2, 0) is 13.0 Å². The van der Waals surface area contributed by atoms with Crippen LogP contribution in [0.3, 0.4) is 0 Å². The van der Waals surface area contributed by atoms with Gasteiger partial charge in [0.2, 0.25) is 0 Å². The molecule has 21 heavy (non-hydrogen) atoms. The lowest BCUT2D eigenvalue weighted by molar-refractivity contribution is 0.305. The molecule has 0 spiro atoms. The predicted molar refractivity (Wildman–Crippen MR) is 87.2 cm³/mol. The number of hydrogen-bond donors (Lipinski definition) is 1. The Balaban J connectivity index is 2.09. The first kappa shape index (κ1) is 16.3. The lowest BCUT2D eigenvalue weighted by atomic mass is 10.1. The first-order chi connectivity index (χ1) is 9.95. The number of rotatable bonds is 5. The van der Waals surface area contributed by atoms with Gasteiger partial charge in [0.15, 0.2) is 0 Å². The molecule has 2 rings (SSSR count). The minimum Gasteiger partial charge on any atom is -0.489 e. The summed E-state index contributed by atoms with van der Waals surface area (Å²) in [5.74, 6) is 0.376. The second-order valence-electron chi connectivity index (χ2n) is 4.96. The molecule has 0 saturated heterocycles. The first-order valence-corrected chi connectivity index (χ1v) is 7.73. The van der Waals surface area contributed by atoms with Gasteiger partial charge in [-0.25, -0.2) is 4.39 Å². The zero-order valence-corrected chi connectivity index (χ0v) is 13.9. The molecule has 5 heteroatoms. The third kappa shape index (κ3) is 4.70. The molecule has 0 radical (unpaired) electrons. The molecule has 0 aliphatic carbocycles. The second-order valence-corrected chi connectivity index (χ2v) is 6.22. The Bertz CT molecular complexity index is 634. The van der Waals surface area contributed by atoms with E-state index in [0.29, 0.717) is 11.6 Å². The summed E-state index contributed by atoms with van der Waals surface area (Å²) in [5.41, 5.74) is 7.66. The number of ether oxygens (including phenoxy) is 1. The van der Waals surface area contributed by atoms with Crippen molar-refractivity contribution < 1.29 is 9.13 Å². The standard InChI is InChI=1S/C16H16BrClFNO/c1-10(20)6-12-7-14(4-5-15(12)17)21-9-11-2-3-13(19)8-16(11)18/h2-5,7-8,10H,6,9,20H2,1H3. The molecule has 0 amide bonds. The Morgan fingerprint density at radius 3 is 2.67 bits per heavy atom. The number of benzene rings is 2. The lowest BCUT2D eigenvalue weighted by Gasteiger charge is -2.12. The van der Waals surface area contributed by atoms with Crippen molar-refractivity contribution in [2.45, 2.75) is 26.0 Å². The molecule has 0 heterocycles. The molecule has 0 aliphatic heterocycles. The van der Waals surface area contributed by atoms with Gasteiger partial charge in [-0.3, -0.25) is 0 Å². The van der Waals surface area contributed by atoms with Crippen LogP contribution in [0.5, 0.6) is 5.75 Å². The molecule has 0 aliphatic rings. The Morgan fingerprint density at radius 2 is 2.00 bits per heavy atom. The second kappa shape index (κ2) is 7.25. The Kier molecular flexibility index (Phi) is 5.62. The molecule has 2 nitrogen and oxygen atoms in total. The highest BCUT2D eigenvalue weighted by Gasteiger charge is 2.07. The monoisotopic (exact) mass is 371 g/mol. The molecule has 0 aromatic heterocycles. The topological polar surface area (TPSA) is 35.2 Å². The number of hydrogen-bond acceptors (Lipinski definition) is 2. The lowest BCUT2D eigenvalue weighted by Crippen LogP contribution is -2.18. The van der Waals surface area contributed by atoms with Crippen LogP contribution in [-0.4, -0.2) is 6.04 Å². The van der Waals surface area contributed by atoms with Crippen LogP contribution in [0.15, 0.2) is 40.9 Å². The van der Waals surface area contributed by atoms with Crippen molar-refractivity contribution in [3.05, 3.63) is 62.8 Å². The van der Waals surface area contributed by atoms with Crippen LogP contribution in [0.4, 0.5) is 4.39 Å².